The SMILES string of the molecule is CC[C@H](NC(=O)CCCCCCCCCCCCCCCCCCCCCC(=O)O)C(=O)O. The molecule has 0 radical (unpaired) electrons. The highest BCUT2D eigenvalue weighted by molar-refractivity contribution is 5.83. The van der Waals surface area contributed by atoms with E-state index in [1.165, 1.54) is 89.9 Å². The molecule has 0 aromatic carbocycles. The van der Waals surface area contributed by atoms with E-state index in [9.17, 15) is 14.4 Å². The molecule has 0 spiro atoms. The molecule has 0 aliphatic heterocycles. The fraction of sp³-hybridized carbons (Fsp3) is 0.889. The summed E-state index contributed by atoms with van der Waals surface area (Å²) in [5.41, 5.74) is 0. The van der Waals surface area contributed by atoms with Gasteiger partial charge in [0.15, 0.2) is 0 Å². The van der Waals surface area contributed by atoms with E-state index in [0.29, 0.717) is 19.3 Å². The van der Waals surface area contributed by atoms with E-state index >= 15 is 0 Å². The number of unbranched alkanes of at least 4 members (excludes halogenated alkanes) is 18. The van der Waals surface area contributed by atoms with Crippen molar-refractivity contribution in [3.8, 4) is 0 Å². The number of hydrogen-bond donors (Lipinski definition) is 3. The molecule has 6 heteroatoms. The number of carbonyl (C=O) groups excluding carboxylic acids is 1. The third kappa shape index (κ3) is 23.4. The Morgan fingerprint density at radius 2 is 0.848 bits per heavy atom. The zero-order valence-electron chi connectivity index (χ0n) is 21.3. The van der Waals surface area contributed by atoms with Crippen molar-refractivity contribution in [3.63, 3.8) is 0 Å². The second-order valence-electron chi connectivity index (χ2n) is 9.48. The Bertz CT molecular complexity index is 495. The van der Waals surface area contributed by atoms with Crippen molar-refractivity contribution in [3.05, 3.63) is 0 Å². The summed E-state index contributed by atoms with van der Waals surface area (Å²) in [6.07, 6.45) is 24.4. The summed E-state index contributed by atoms with van der Waals surface area (Å²) in [7, 11) is 0. The first-order valence-electron chi connectivity index (χ1n) is 13.7. The van der Waals surface area contributed by atoms with Crippen molar-refractivity contribution in [2.75, 3.05) is 0 Å². The minimum atomic E-state index is -0.958. The average Bonchev–Trinajstić information content (AvgIpc) is 2.78. The molecule has 0 bridgehead atoms. The van der Waals surface area contributed by atoms with Crippen molar-refractivity contribution in [1.82, 2.24) is 5.32 Å². The van der Waals surface area contributed by atoms with Crippen LogP contribution in [0.3, 0.4) is 0 Å². The Hall–Kier alpha value is -1.59. The summed E-state index contributed by atoms with van der Waals surface area (Å²) in [5.74, 6) is -1.78. The average molecular weight is 470 g/mol. The number of amides is 1. The van der Waals surface area contributed by atoms with Crippen LogP contribution in [0.25, 0.3) is 0 Å². The number of hydrogen-bond acceptors (Lipinski definition) is 3. The maximum atomic E-state index is 11.7. The van der Waals surface area contributed by atoms with Gasteiger partial charge in [-0.2, -0.15) is 0 Å². The van der Waals surface area contributed by atoms with Crippen LogP contribution in [0.15, 0.2) is 0 Å². The van der Waals surface area contributed by atoms with E-state index in [2.05, 4.69) is 5.32 Å². The van der Waals surface area contributed by atoms with Crippen molar-refractivity contribution < 1.29 is 24.6 Å². The number of rotatable bonds is 25. The second-order valence-corrected chi connectivity index (χ2v) is 9.48. The fourth-order valence-corrected chi connectivity index (χ4v) is 4.17. The normalized spacial score (nSPS) is 11.9. The monoisotopic (exact) mass is 469 g/mol. The van der Waals surface area contributed by atoms with Crippen molar-refractivity contribution >= 4 is 17.8 Å². The van der Waals surface area contributed by atoms with Crippen LogP contribution in [0.1, 0.15) is 148 Å². The Morgan fingerprint density at radius 3 is 1.12 bits per heavy atom. The van der Waals surface area contributed by atoms with Gasteiger partial charge >= 0.3 is 11.9 Å². The van der Waals surface area contributed by atoms with E-state index in [4.69, 9.17) is 10.2 Å². The molecule has 6 nitrogen and oxygen atoms in total. The van der Waals surface area contributed by atoms with Crippen molar-refractivity contribution in [2.24, 2.45) is 0 Å². The summed E-state index contributed by atoms with van der Waals surface area (Å²) < 4.78 is 0. The number of aliphatic carboxylic acids is 2. The molecule has 0 aliphatic rings. The lowest BCUT2D eigenvalue weighted by Gasteiger charge is -2.11. The predicted octanol–water partition coefficient (Wildman–Crippen LogP) is 7.24. The van der Waals surface area contributed by atoms with Gasteiger partial charge in [-0.1, -0.05) is 116 Å². The molecule has 0 saturated carbocycles. The molecule has 0 aromatic rings. The van der Waals surface area contributed by atoms with Crippen molar-refractivity contribution in [1.29, 1.82) is 0 Å². The number of carbonyl (C=O) groups is 3. The van der Waals surface area contributed by atoms with Gasteiger partial charge in [0.2, 0.25) is 5.91 Å². The van der Waals surface area contributed by atoms with Crippen molar-refractivity contribution in [2.45, 2.75) is 154 Å². The highest BCUT2D eigenvalue weighted by Crippen LogP contribution is 2.15. The molecule has 0 rings (SSSR count). The number of nitrogens with one attached hydrogen (secondary N) is 1. The summed E-state index contributed by atoms with van der Waals surface area (Å²) in [5, 5.41) is 20.1. The maximum Gasteiger partial charge on any atom is 0.326 e. The van der Waals surface area contributed by atoms with Gasteiger partial charge in [-0.15, -0.1) is 0 Å². The summed E-state index contributed by atoms with van der Waals surface area (Å²) >= 11 is 0. The van der Waals surface area contributed by atoms with Crippen LogP contribution >= 0.6 is 0 Å². The van der Waals surface area contributed by atoms with Crippen LogP contribution in [0, 0.1) is 0 Å². The fourth-order valence-electron chi connectivity index (χ4n) is 4.17. The zero-order valence-corrected chi connectivity index (χ0v) is 21.3. The molecular formula is C27H51NO5. The Balaban J connectivity index is 3.20. The van der Waals surface area contributed by atoms with E-state index < -0.39 is 18.0 Å². The van der Waals surface area contributed by atoms with Crippen LogP contribution in [0.4, 0.5) is 0 Å². The molecule has 0 aliphatic carbocycles. The van der Waals surface area contributed by atoms with Crippen LogP contribution in [-0.4, -0.2) is 34.1 Å². The molecule has 0 saturated heterocycles. The molecule has 0 fully saturated rings. The first-order valence-corrected chi connectivity index (χ1v) is 13.7. The van der Waals surface area contributed by atoms with Crippen LogP contribution in [0.2, 0.25) is 0 Å². The Kier molecular flexibility index (Phi) is 22.4. The first-order chi connectivity index (χ1) is 16.0. The number of carboxylic acid groups (broad SMARTS) is 2. The maximum absolute atomic E-state index is 11.7. The Morgan fingerprint density at radius 1 is 0.545 bits per heavy atom. The molecular weight excluding hydrogens is 418 g/mol. The van der Waals surface area contributed by atoms with Gasteiger partial charge in [-0.05, 0) is 19.3 Å². The van der Waals surface area contributed by atoms with Crippen LogP contribution < -0.4 is 5.32 Å². The van der Waals surface area contributed by atoms with Gasteiger partial charge in [0.05, 0.1) is 0 Å². The first kappa shape index (κ1) is 31.4. The van der Waals surface area contributed by atoms with Gasteiger partial charge in [0.1, 0.15) is 6.04 Å². The topological polar surface area (TPSA) is 104 Å². The standard InChI is InChI=1S/C27H51NO5/c1-2-24(27(32)33)28-25(29)22-20-18-16-14-12-10-8-6-4-3-5-7-9-11-13-15-17-19-21-23-26(30)31/h24H,2-23H2,1H3,(H,28,29)(H,30,31)(H,32,33)/t24-/m0/s1. The predicted molar refractivity (Wildman–Crippen MR) is 134 cm³/mol. The largest absolute Gasteiger partial charge is 0.481 e. The third-order valence-electron chi connectivity index (χ3n) is 6.34. The van der Waals surface area contributed by atoms with Gasteiger partial charge in [0, 0.05) is 12.8 Å². The molecule has 33 heavy (non-hydrogen) atoms. The third-order valence-corrected chi connectivity index (χ3v) is 6.34. The molecule has 0 unspecified atom stereocenters. The Labute approximate surface area is 202 Å². The van der Waals surface area contributed by atoms with E-state index in [1.54, 1.807) is 6.92 Å². The molecule has 194 valence electrons. The second kappa shape index (κ2) is 23.6. The van der Waals surface area contributed by atoms with Gasteiger partial charge in [-0.3, -0.25) is 9.59 Å². The smallest absolute Gasteiger partial charge is 0.326 e. The lowest BCUT2D eigenvalue weighted by atomic mass is 10.0. The lowest BCUT2D eigenvalue weighted by Crippen LogP contribution is -2.40. The number of carboxylic acids is 2. The summed E-state index contributed by atoms with van der Waals surface area (Å²) in [6, 6.07) is -0.753. The van der Waals surface area contributed by atoms with Crippen LogP contribution in [0.5, 0.6) is 0 Å². The quantitative estimate of drug-likeness (QED) is 0.122. The van der Waals surface area contributed by atoms with Crippen LogP contribution in [-0.2, 0) is 14.4 Å². The van der Waals surface area contributed by atoms with Gasteiger partial charge < -0.3 is 15.5 Å². The summed E-state index contributed by atoms with van der Waals surface area (Å²) in [4.78, 5) is 33.1. The highest BCUT2D eigenvalue weighted by atomic mass is 16.4. The zero-order chi connectivity index (χ0) is 24.6. The molecule has 1 amide bonds. The van der Waals surface area contributed by atoms with E-state index in [1.807, 2.05) is 0 Å². The highest BCUT2D eigenvalue weighted by Gasteiger charge is 2.16. The van der Waals surface area contributed by atoms with Gasteiger partial charge in [0.25, 0.3) is 0 Å². The minimum absolute atomic E-state index is 0.144. The lowest BCUT2D eigenvalue weighted by molar-refractivity contribution is -0.142. The molecule has 0 heterocycles. The van der Waals surface area contributed by atoms with E-state index in [0.717, 1.165) is 32.1 Å². The van der Waals surface area contributed by atoms with Gasteiger partial charge in [-0.25, -0.2) is 4.79 Å². The van der Waals surface area contributed by atoms with E-state index in [-0.39, 0.29) is 5.91 Å². The minimum Gasteiger partial charge on any atom is -0.481 e. The molecule has 3 N–H and O–H groups in total. The summed E-state index contributed by atoms with van der Waals surface area (Å²) in [6.45, 7) is 1.76. The molecule has 1 atom stereocenters. The molecule has 0 aromatic heterocycles.